The van der Waals surface area contributed by atoms with Crippen LogP contribution in [0.25, 0.3) is 22.8 Å². The highest BCUT2D eigenvalue weighted by atomic mass is 19.4. The van der Waals surface area contributed by atoms with Gasteiger partial charge in [-0.2, -0.15) is 9.59 Å². The van der Waals surface area contributed by atoms with Crippen LogP contribution in [0.4, 0.5) is 26.3 Å². The van der Waals surface area contributed by atoms with Gasteiger partial charge < -0.3 is 24.8 Å². The number of carboxylic acids is 1. The third-order valence-electron chi connectivity index (χ3n) is 8.69. The highest BCUT2D eigenvalue weighted by molar-refractivity contribution is 5.75. The number of aromatic nitrogens is 8. The fourth-order valence-corrected chi connectivity index (χ4v) is 5.85. The Kier molecular flexibility index (Phi) is 18.1. The van der Waals surface area contributed by atoms with Gasteiger partial charge in [0.1, 0.15) is 18.0 Å². The van der Waals surface area contributed by atoms with E-state index in [1.54, 1.807) is 29.2 Å². The van der Waals surface area contributed by atoms with Crippen molar-refractivity contribution in [2.75, 3.05) is 26.2 Å². The normalized spacial score (nSPS) is 11.1. The number of tetrazole rings is 2. The van der Waals surface area contributed by atoms with Crippen LogP contribution in [-0.4, -0.2) is 101 Å². The molecule has 21 heteroatoms. The van der Waals surface area contributed by atoms with Gasteiger partial charge in [0.05, 0.1) is 0 Å². The van der Waals surface area contributed by atoms with E-state index in [0.29, 0.717) is 37.3 Å². The number of benzene rings is 4. The predicted octanol–water partition coefficient (Wildman–Crippen LogP) is 7.23. The Labute approximate surface area is 358 Å². The first-order chi connectivity index (χ1) is 30.0. The summed E-state index contributed by atoms with van der Waals surface area (Å²) >= 11 is 0. The molecule has 6 aromatic rings. The first-order valence-corrected chi connectivity index (χ1v) is 19.6. The van der Waals surface area contributed by atoms with Crippen molar-refractivity contribution >= 4 is 11.9 Å². The molecular formula is C42H46F6N10O5. The van der Waals surface area contributed by atoms with Crippen molar-refractivity contribution in [3.63, 3.8) is 0 Å². The summed E-state index contributed by atoms with van der Waals surface area (Å²) in [6, 6.07) is 25.8. The van der Waals surface area contributed by atoms with Gasteiger partial charge in [0.2, 0.25) is 17.6 Å². The molecule has 0 spiro atoms. The maximum Gasteiger partial charge on any atom is 0.573 e. The highest BCUT2D eigenvalue weighted by Crippen LogP contribution is 2.28. The number of alkyl halides is 6. The topological polar surface area (TPSA) is 175 Å². The number of halogens is 6. The standard InChI is InChI=1S/C21H22F3N5O2.C17H13F3N4O3.C4H11N/c1-3-28(4-2)19(30)14-29-26-20(25-27-29)18-8-6-5-7-16(18)13-15-9-11-17(12-10-15)31-21(22,23)24;18-17(19,20)27-13-7-5-11(6-8-13)9-12-3-1-2-4-14(12)16-21-23-24(22-16)10-15(25)26;1-3-5-4-2/h5-12H,3-4,13-14H2,1-2H3;1-8H,9-10H2,(H,25,26);5H,3-4H2,1-2H3. The minimum absolute atomic E-state index is 0.00247. The lowest BCUT2D eigenvalue weighted by Crippen LogP contribution is -2.34. The van der Waals surface area contributed by atoms with Crippen LogP contribution in [-0.2, 0) is 35.5 Å². The molecule has 0 saturated heterocycles. The van der Waals surface area contributed by atoms with Gasteiger partial charge in [0, 0.05) is 24.2 Å². The Hall–Kier alpha value is -6.90. The molecule has 2 aromatic heterocycles. The first-order valence-electron chi connectivity index (χ1n) is 19.6. The van der Waals surface area contributed by atoms with E-state index in [-0.39, 0.29) is 29.8 Å². The third-order valence-corrected chi connectivity index (χ3v) is 8.69. The van der Waals surface area contributed by atoms with Crippen molar-refractivity contribution in [1.29, 1.82) is 0 Å². The Bertz CT molecular complexity index is 2330. The molecule has 63 heavy (non-hydrogen) atoms. The summed E-state index contributed by atoms with van der Waals surface area (Å²) in [5.74, 6) is -1.11. The number of likely N-dealkylation sites (N-methyl/N-ethyl adjacent to an activating group) is 1. The van der Waals surface area contributed by atoms with Gasteiger partial charge in [0.15, 0.2) is 6.54 Å². The Balaban J connectivity index is 0.000000252. The van der Waals surface area contributed by atoms with Gasteiger partial charge in [-0.05, 0) is 96.7 Å². The maximum atomic E-state index is 12.3. The highest BCUT2D eigenvalue weighted by Gasteiger charge is 2.31. The molecule has 0 aliphatic heterocycles. The minimum Gasteiger partial charge on any atom is -0.480 e. The minimum atomic E-state index is -4.73. The van der Waals surface area contributed by atoms with E-state index >= 15 is 0 Å². The van der Waals surface area contributed by atoms with Crippen molar-refractivity contribution in [1.82, 2.24) is 50.6 Å². The number of carbonyl (C=O) groups is 2. The smallest absolute Gasteiger partial charge is 0.480 e. The van der Waals surface area contributed by atoms with Crippen molar-refractivity contribution < 1.29 is 50.5 Å². The van der Waals surface area contributed by atoms with Gasteiger partial charge in [-0.15, -0.1) is 46.7 Å². The summed E-state index contributed by atoms with van der Waals surface area (Å²) in [6.07, 6.45) is -8.59. The van der Waals surface area contributed by atoms with Gasteiger partial charge in [-0.3, -0.25) is 9.59 Å². The van der Waals surface area contributed by atoms with E-state index in [2.05, 4.69) is 59.5 Å². The van der Waals surface area contributed by atoms with Crippen LogP contribution >= 0.6 is 0 Å². The van der Waals surface area contributed by atoms with Crippen LogP contribution in [0.3, 0.4) is 0 Å². The zero-order valence-electron chi connectivity index (χ0n) is 34.8. The number of aliphatic carboxylic acids is 1. The number of rotatable bonds is 16. The van der Waals surface area contributed by atoms with E-state index in [4.69, 9.17) is 5.11 Å². The van der Waals surface area contributed by atoms with Gasteiger partial charge in [0.25, 0.3) is 0 Å². The number of nitrogens with zero attached hydrogens (tertiary/aromatic N) is 9. The van der Waals surface area contributed by atoms with Crippen molar-refractivity contribution in [2.24, 2.45) is 0 Å². The van der Waals surface area contributed by atoms with Crippen LogP contribution < -0.4 is 14.8 Å². The molecule has 0 unspecified atom stereocenters. The molecule has 4 aromatic carbocycles. The molecule has 0 atom stereocenters. The van der Waals surface area contributed by atoms with E-state index in [1.165, 1.54) is 41.2 Å². The Morgan fingerprint density at radius 2 is 1.02 bits per heavy atom. The number of hydrogen-bond acceptors (Lipinski definition) is 11. The average Bonchev–Trinajstić information content (AvgIpc) is 3.89. The second-order valence-electron chi connectivity index (χ2n) is 13.3. The molecule has 0 saturated carbocycles. The van der Waals surface area contributed by atoms with Gasteiger partial charge in [-0.1, -0.05) is 86.6 Å². The molecular weight excluding hydrogens is 839 g/mol. The van der Waals surface area contributed by atoms with Gasteiger partial charge >= 0.3 is 18.7 Å². The van der Waals surface area contributed by atoms with Crippen molar-refractivity contribution in [2.45, 2.75) is 66.4 Å². The Morgan fingerprint density at radius 1 is 0.619 bits per heavy atom. The predicted molar refractivity (Wildman–Crippen MR) is 218 cm³/mol. The molecule has 0 aliphatic carbocycles. The molecule has 0 radical (unpaired) electrons. The molecule has 1 amide bonds. The second-order valence-corrected chi connectivity index (χ2v) is 13.3. The van der Waals surface area contributed by atoms with Crippen LogP contribution in [0.2, 0.25) is 0 Å². The number of carbonyl (C=O) groups excluding carboxylic acids is 1. The summed E-state index contributed by atoms with van der Waals surface area (Å²) in [5.41, 5.74) is 4.64. The summed E-state index contributed by atoms with van der Waals surface area (Å²) in [6.45, 7) is 11.0. The van der Waals surface area contributed by atoms with Crippen LogP contribution in [0, 0.1) is 0 Å². The lowest BCUT2D eigenvalue weighted by Gasteiger charge is -2.17. The number of hydrogen-bond donors (Lipinski definition) is 2. The number of carboxylic acid groups (broad SMARTS) is 1. The molecule has 6 rings (SSSR count). The monoisotopic (exact) mass is 884 g/mol. The average molecular weight is 885 g/mol. The molecule has 0 fully saturated rings. The summed E-state index contributed by atoms with van der Waals surface area (Å²) in [4.78, 5) is 26.9. The van der Waals surface area contributed by atoms with E-state index in [0.717, 1.165) is 45.7 Å². The fourth-order valence-electron chi connectivity index (χ4n) is 5.85. The van der Waals surface area contributed by atoms with Gasteiger partial charge in [-0.25, -0.2) is 0 Å². The summed E-state index contributed by atoms with van der Waals surface area (Å²) in [5, 5.41) is 35.9. The molecule has 336 valence electrons. The van der Waals surface area contributed by atoms with Crippen LogP contribution in [0.5, 0.6) is 11.5 Å². The van der Waals surface area contributed by atoms with E-state index in [9.17, 15) is 35.9 Å². The van der Waals surface area contributed by atoms with Crippen LogP contribution in [0.15, 0.2) is 97.1 Å². The lowest BCUT2D eigenvalue weighted by atomic mass is 9.99. The molecule has 0 bridgehead atoms. The van der Waals surface area contributed by atoms with Crippen LogP contribution in [0.1, 0.15) is 49.9 Å². The molecule has 2 heterocycles. The quantitative estimate of drug-likeness (QED) is 0.0935. The molecule has 15 nitrogen and oxygen atoms in total. The SMILES string of the molecule is CCN(CC)C(=O)Cn1nnc(-c2ccccc2Cc2ccc(OC(F)(F)F)cc2)n1.CCNCC.O=C(O)Cn1nnc(-c2ccccc2Cc2ccc(OC(F)(F)F)cc2)n1. The van der Waals surface area contributed by atoms with Crippen molar-refractivity contribution in [3.8, 4) is 34.3 Å². The molecule has 2 N–H and O–H groups in total. The number of nitrogens with one attached hydrogen (secondary N) is 1. The van der Waals surface area contributed by atoms with Crippen molar-refractivity contribution in [3.05, 3.63) is 119 Å². The largest absolute Gasteiger partial charge is 0.573 e. The summed E-state index contributed by atoms with van der Waals surface area (Å²) < 4.78 is 81.4. The summed E-state index contributed by atoms with van der Waals surface area (Å²) in [7, 11) is 0. The number of amides is 1. The first kappa shape index (κ1) is 48.8. The Morgan fingerprint density at radius 3 is 1.37 bits per heavy atom. The second kappa shape index (κ2) is 23.4. The van der Waals surface area contributed by atoms with E-state index < -0.39 is 25.2 Å². The third kappa shape index (κ3) is 16.5. The molecule has 0 aliphatic rings. The number of ether oxygens (including phenoxy) is 2. The fraction of sp³-hybridized carbons (Fsp3) is 0.333. The zero-order valence-corrected chi connectivity index (χ0v) is 34.8. The van der Waals surface area contributed by atoms with E-state index in [1.807, 2.05) is 50.2 Å². The maximum absolute atomic E-state index is 12.3. The lowest BCUT2D eigenvalue weighted by molar-refractivity contribution is -0.275. The zero-order chi connectivity index (χ0) is 46.0.